The topological polar surface area (TPSA) is 47.3 Å². The van der Waals surface area contributed by atoms with Crippen LogP contribution in [0.15, 0.2) is 12.1 Å². The lowest BCUT2D eigenvalue weighted by Crippen LogP contribution is -2.08. The zero-order chi connectivity index (χ0) is 12.0. The van der Waals surface area contributed by atoms with Crippen LogP contribution in [0.2, 0.25) is 0 Å². The minimum Gasteiger partial charge on any atom is -0.397 e. The van der Waals surface area contributed by atoms with Gasteiger partial charge in [-0.25, -0.2) is 8.78 Å². The third kappa shape index (κ3) is 3.34. The summed E-state index contributed by atoms with van der Waals surface area (Å²) in [6.45, 7) is 1.19. The Labute approximate surface area is 93.6 Å². The van der Waals surface area contributed by atoms with Gasteiger partial charge in [0, 0.05) is 20.3 Å². The van der Waals surface area contributed by atoms with Crippen LogP contribution < -0.4 is 11.1 Å². The normalized spacial score (nSPS) is 10.4. The van der Waals surface area contributed by atoms with E-state index in [0.717, 1.165) is 18.9 Å². The zero-order valence-electron chi connectivity index (χ0n) is 9.22. The standard InChI is InChI=1S/C11H16F2N2O/c1-16-7-3-2-6-15-11-9(14)5-4-8(12)10(11)13/h4-5,15H,2-3,6-7,14H2,1H3. The molecule has 0 radical (unpaired) electrons. The SMILES string of the molecule is COCCCCNc1c(N)ccc(F)c1F. The van der Waals surface area contributed by atoms with Gasteiger partial charge in [0.05, 0.1) is 11.4 Å². The monoisotopic (exact) mass is 230 g/mol. The van der Waals surface area contributed by atoms with Crippen molar-refractivity contribution in [3.8, 4) is 0 Å². The lowest BCUT2D eigenvalue weighted by atomic mass is 10.2. The Kier molecular flexibility index (Phi) is 4.98. The molecule has 0 saturated carbocycles. The molecule has 3 N–H and O–H groups in total. The van der Waals surface area contributed by atoms with Gasteiger partial charge in [-0.3, -0.25) is 0 Å². The molecule has 0 aromatic heterocycles. The summed E-state index contributed by atoms with van der Waals surface area (Å²) in [4.78, 5) is 0. The van der Waals surface area contributed by atoms with Gasteiger partial charge in [0.2, 0.25) is 0 Å². The largest absolute Gasteiger partial charge is 0.397 e. The first-order valence-electron chi connectivity index (χ1n) is 5.13. The summed E-state index contributed by atoms with van der Waals surface area (Å²) >= 11 is 0. The third-order valence-corrected chi connectivity index (χ3v) is 2.20. The van der Waals surface area contributed by atoms with Gasteiger partial charge in [0.1, 0.15) is 0 Å². The van der Waals surface area contributed by atoms with Crippen LogP contribution in [0.3, 0.4) is 0 Å². The second-order valence-corrected chi connectivity index (χ2v) is 3.45. The first kappa shape index (κ1) is 12.7. The number of nitrogens with two attached hydrogens (primary N) is 1. The molecule has 0 saturated heterocycles. The maximum absolute atomic E-state index is 13.3. The molecular weight excluding hydrogens is 214 g/mol. The molecule has 1 aromatic carbocycles. The van der Waals surface area contributed by atoms with E-state index in [-0.39, 0.29) is 11.4 Å². The second-order valence-electron chi connectivity index (χ2n) is 3.45. The van der Waals surface area contributed by atoms with E-state index in [1.54, 1.807) is 7.11 Å². The Bertz CT molecular complexity index is 345. The molecule has 0 aliphatic carbocycles. The van der Waals surface area contributed by atoms with Crippen LogP contribution in [-0.4, -0.2) is 20.3 Å². The van der Waals surface area contributed by atoms with Crippen LogP contribution in [0, 0.1) is 11.6 Å². The minimum absolute atomic E-state index is 0.0393. The number of anilines is 2. The number of benzene rings is 1. The number of rotatable bonds is 6. The van der Waals surface area contributed by atoms with Gasteiger partial charge in [-0.15, -0.1) is 0 Å². The first-order valence-corrected chi connectivity index (χ1v) is 5.13. The van der Waals surface area contributed by atoms with Gasteiger partial charge in [0.15, 0.2) is 11.6 Å². The summed E-state index contributed by atoms with van der Waals surface area (Å²) in [5.41, 5.74) is 5.79. The van der Waals surface area contributed by atoms with Crippen molar-refractivity contribution >= 4 is 11.4 Å². The van der Waals surface area contributed by atoms with E-state index >= 15 is 0 Å². The Morgan fingerprint density at radius 3 is 2.75 bits per heavy atom. The first-order chi connectivity index (χ1) is 7.66. The van der Waals surface area contributed by atoms with Crippen molar-refractivity contribution in [2.45, 2.75) is 12.8 Å². The van der Waals surface area contributed by atoms with E-state index in [4.69, 9.17) is 10.5 Å². The van der Waals surface area contributed by atoms with Gasteiger partial charge >= 0.3 is 0 Å². The van der Waals surface area contributed by atoms with E-state index in [0.29, 0.717) is 13.2 Å². The minimum atomic E-state index is -0.924. The Morgan fingerprint density at radius 2 is 2.06 bits per heavy atom. The highest BCUT2D eigenvalue weighted by molar-refractivity contribution is 5.66. The van der Waals surface area contributed by atoms with E-state index in [1.807, 2.05) is 0 Å². The molecule has 0 atom stereocenters. The molecule has 0 amide bonds. The third-order valence-electron chi connectivity index (χ3n) is 2.20. The fraction of sp³-hybridized carbons (Fsp3) is 0.455. The predicted molar refractivity (Wildman–Crippen MR) is 60.4 cm³/mol. The number of ether oxygens (including phenoxy) is 1. The van der Waals surface area contributed by atoms with Crippen molar-refractivity contribution in [2.75, 3.05) is 31.3 Å². The molecule has 1 rings (SSSR count). The molecule has 0 aliphatic heterocycles. The quantitative estimate of drug-likeness (QED) is 0.582. The van der Waals surface area contributed by atoms with Crippen LogP contribution in [-0.2, 0) is 4.74 Å². The zero-order valence-corrected chi connectivity index (χ0v) is 9.22. The van der Waals surface area contributed by atoms with E-state index in [1.165, 1.54) is 6.07 Å². The maximum Gasteiger partial charge on any atom is 0.183 e. The molecule has 0 fully saturated rings. The fourth-order valence-corrected chi connectivity index (χ4v) is 1.33. The molecule has 0 aliphatic rings. The number of hydrogen-bond acceptors (Lipinski definition) is 3. The van der Waals surface area contributed by atoms with Crippen molar-refractivity contribution in [3.63, 3.8) is 0 Å². The molecule has 0 unspecified atom stereocenters. The molecule has 16 heavy (non-hydrogen) atoms. The van der Waals surface area contributed by atoms with Crippen molar-refractivity contribution in [3.05, 3.63) is 23.8 Å². The number of unbranched alkanes of at least 4 members (excludes halogenated alkanes) is 1. The van der Waals surface area contributed by atoms with Gasteiger partial charge in [-0.05, 0) is 25.0 Å². The highest BCUT2D eigenvalue weighted by Gasteiger charge is 2.10. The van der Waals surface area contributed by atoms with Crippen molar-refractivity contribution in [1.82, 2.24) is 0 Å². The van der Waals surface area contributed by atoms with Crippen molar-refractivity contribution in [1.29, 1.82) is 0 Å². The summed E-state index contributed by atoms with van der Waals surface area (Å²) in [7, 11) is 1.62. The van der Waals surface area contributed by atoms with Gasteiger partial charge in [-0.2, -0.15) is 0 Å². The molecular formula is C11H16F2N2O. The number of hydrogen-bond donors (Lipinski definition) is 2. The lowest BCUT2D eigenvalue weighted by molar-refractivity contribution is 0.194. The van der Waals surface area contributed by atoms with E-state index in [9.17, 15) is 8.78 Å². The Hall–Kier alpha value is -1.36. The van der Waals surface area contributed by atoms with Crippen LogP contribution in [0.5, 0.6) is 0 Å². The molecule has 0 spiro atoms. The average molecular weight is 230 g/mol. The van der Waals surface area contributed by atoms with Crippen molar-refractivity contribution < 1.29 is 13.5 Å². The summed E-state index contributed by atoms with van der Waals surface area (Å²) in [6.07, 6.45) is 1.67. The summed E-state index contributed by atoms with van der Waals surface area (Å²) in [6, 6.07) is 2.36. The smallest absolute Gasteiger partial charge is 0.183 e. The number of halogens is 2. The molecule has 3 nitrogen and oxygen atoms in total. The van der Waals surface area contributed by atoms with Gasteiger partial charge in [-0.1, -0.05) is 0 Å². The molecule has 1 aromatic rings. The summed E-state index contributed by atoms with van der Waals surface area (Å²) in [5.74, 6) is -1.82. The lowest BCUT2D eigenvalue weighted by Gasteiger charge is -2.10. The van der Waals surface area contributed by atoms with Crippen LogP contribution in [0.4, 0.5) is 20.2 Å². The van der Waals surface area contributed by atoms with Crippen molar-refractivity contribution in [2.24, 2.45) is 0 Å². The van der Waals surface area contributed by atoms with Crippen LogP contribution in [0.25, 0.3) is 0 Å². The number of nitrogens with one attached hydrogen (secondary N) is 1. The maximum atomic E-state index is 13.3. The van der Waals surface area contributed by atoms with Gasteiger partial charge in [0.25, 0.3) is 0 Å². The fourth-order valence-electron chi connectivity index (χ4n) is 1.33. The number of nitrogen functional groups attached to an aromatic ring is 1. The summed E-state index contributed by atoms with van der Waals surface area (Å²) in [5, 5.41) is 2.79. The highest BCUT2D eigenvalue weighted by Crippen LogP contribution is 2.24. The molecule has 5 heteroatoms. The van der Waals surface area contributed by atoms with E-state index < -0.39 is 11.6 Å². The van der Waals surface area contributed by atoms with Gasteiger partial charge < -0.3 is 15.8 Å². The molecule has 0 heterocycles. The number of methoxy groups -OCH3 is 1. The second kappa shape index (κ2) is 6.27. The van der Waals surface area contributed by atoms with Crippen LogP contribution >= 0.6 is 0 Å². The highest BCUT2D eigenvalue weighted by atomic mass is 19.2. The Balaban J connectivity index is 2.50. The Morgan fingerprint density at radius 1 is 1.31 bits per heavy atom. The van der Waals surface area contributed by atoms with E-state index in [2.05, 4.69) is 5.32 Å². The predicted octanol–water partition coefficient (Wildman–Crippen LogP) is 2.39. The molecule has 0 bridgehead atoms. The average Bonchev–Trinajstić information content (AvgIpc) is 2.28. The summed E-state index contributed by atoms with van der Waals surface area (Å²) < 4.78 is 31.1. The molecule has 90 valence electrons. The van der Waals surface area contributed by atoms with Crippen LogP contribution in [0.1, 0.15) is 12.8 Å².